The summed E-state index contributed by atoms with van der Waals surface area (Å²) in [5.74, 6) is -4.88. The SMILES string of the molecule is O=CN(Nc1ccc(NC(=O)Nc2ccc(NN(C=O)C(=O)C(F)(F)F)cc2)cc1)C(=O)C(F)(F)F. The second kappa shape index (κ2) is 11.1. The Kier molecular flexibility index (Phi) is 8.43. The first kappa shape index (κ1) is 27.4. The van der Waals surface area contributed by atoms with Gasteiger partial charge in [-0.25, -0.2) is 4.79 Å². The Morgan fingerprint density at radius 2 is 0.861 bits per heavy atom. The Morgan fingerprint density at radius 3 is 1.11 bits per heavy atom. The quantitative estimate of drug-likeness (QED) is 0.238. The van der Waals surface area contributed by atoms with E-state index in [1.54, 1.807) is 0 Å². The first-order chi connectivity index (χ1) is 16.7. The molecule has 0 heterocycles. The second-order valence-electron chi connectivity index (χ2n) is 6.51. The highest BCUT2D eigenvalue weighted by molar-refractivity contribution is 6.00. The molecule has 0 saturated carbocycles. The van der Waals surface area contributed by atoms with Crippen LogP contribution < -0.4 is 21.5 Å². The number of imide groups is 2. The minimum Gasteiger partial charge on any atom is -0.308 e. The Labute approximate surface area is 197 Å². The van der Waals surface area contributed by atoms with Gasteiger partial charge in [-0.2, -0.15) is 36.4 Å². The van der Waals surface area contributed by atoms with Crippen molar-refractivity contribution < 1.29 is 50.3 Å². The van der Waals surface area contributed by atoms with Gasteiger partial charge < -0.3 is 10.6 Å². The zero-order valence-corrected chi connectivity index (χ0v) is 17.5. The van der Waals surface area contributed by atoms with E-state index in [0.29, 0.717) is 0 Å². The highest BCUT2D eigenvalue weighted by Crippen LogP contribution is 2.21. The van der Waals surface area contributed by atoms with Gasteiger partial charge in [-0.15, -0.1) is 0 Å². The lowest BCUT2D eigenvalue weighted by molar-refractivity contribution is -0.184. The molecule has 2 rings (SSSR count). The van der Waals surface area contributed by atoms with Crippen LogP contribution in [0.5, 0.6) is 0 Å². The molecule has 0 unspecified atom stereocenters. The van der Waals surface area contributed by atoms with E-state index in [-0.39, 0.29) is 45.6 Å². The van der Waals surface area contributed by atoms with E-state index < -0.39 is 30.2 Å². The van der Waals surface area contributed by atoms with Crippen molar-refractivity contribution >= 4 is 53.4 Å². The molecule has 4 N–H and O–H groups in total. The van der Waals surface area contributed by atoms with Crippen LogP contribution in [0.25, 0.3) is 0 Å². The van der Waals surface area contributed by atoms with Crippen molar-refractivity contribution in [1.82, 2.24) is 10.0 Å². The molecule has 0 atom stereocenters. The third kappa shape index (κ3) is 7.61. The average molecular weight is 520 g/mol. The van der Waals surface area contributed by atoms with Gasteiger partial charge >= 0.3 is 30.2 Å². The normalized spacial score (nSPS) is 11.1. The number of hydrogen-bond acceptors (Lipinski definition) is 7. The standard InChI is InChI=1S/C19H14F6N6O5/c20-18(21,22)15(34)30(9-32)28-13-5-1-11(2-6-13)26-17(36)27-12-3-7-14(8-4-12)29-31(10-33)16(35)19(23,24)25/h1-10,28-29H,(H2,26,27,36). The van der Waals surface area contributed by atoms with E-state index in [1.165, 1.54) is 24.3 Å². The molecule has 2 aromatic rings. The third-order valence-electron chi connectivity index (χ3n) is 3.92. The fourth-order valence-corrected chi connectivity index (χ4v) is 2.35. The molecular formula is C19H14F6N6O5. The highest BCUT2D eigenvalue weighted by Gasteiger charge is 2.44. The van der Waals surface area contributed by atoms with Crippen molar-refractivity contribution in [3.05, 3.63) is 48.5 Å². The van der Waals surface area contributed by atoms with Crippen LogP contribution in [-0.4, -0.2) is 53.0 Å². The number of alkyl halides is 6. The summed E-state index contributed by atoms with van der Waals surface area (Å²) in [4.78, 5) is 55.8. The molecule has 0 fully saturated rings. The van der Waals surface area contributed by atoms with E-state index in [0.717, 1.165) is 24.3 Å². The van der Waals surface area contributed by atoms with Crippen LogP contribution in [0, 0.1) is 0 Å². The molecule has 17 heteroatoms. The number of nitrogens with zero attached hydrogens (tertiary/aromatic N) is 2. The number of urea groups is 1. The lowest BCUT2D eigenvalue weighted by atomic mass is 10.3. The Hall–Kier alpha value is -4.83. The monoisotopic (exact) mass is 520 g/mol. The zero-order valence-electron chi connectivity index (χ0n) is 17.5. The van der Waals surface area contributed by atoms with Crippen molar-refractivity contribution in [3.63, 3.8) is 0 Å². The van der Waals surface area contributed by atoms with Gasteiger partial charge in [-0.3, -0.25) is 30.0 Å². The second-order valence-corrected chi connectivity index (χ2v) is 6.51. The van der Waals surface area contributed by atoms with Crippen molar-refractivity contribution in [2.45, 2.75) is 12.4 Å². The molecule has 2 aromatic carbocycles. The summed E-state index contributed by atoms with van der Waals surface area (Å²) in [5, 5.41) is 4.13. The van der Waals surface area contributed by atoms with Gasteiger partial charge in [0.1, 0.15) is 0 Å². The van der Waals surface area contributed by atoms with Crippen LogP contribution in [-0.2, 0) is 19.2 Å². The number of hydrazine groups is 2. The maximum Gasteiger partial charge on any atom is 0.473 e. The van der Waals surface area contributed by atoms with Gasteiger partial charge in [-0.05, 0) is 48.5 Å². The molecule has 11 nitrogen and oxygen atoms in total. The van der Waals surface area contributed by atoms with Gasteiger partial charge in [0.2, 0.25) is 12.8 Å². The summed E-state index contributed by atoms with van der Waals surface area (Å²) in [6.45, 7) is 0. The Bertz CT molecular complexity index is 1030. The summed E-state index contributed by atoms with van der Waals surface area (Å²) in [6.07, 6.45) is -11.3. The predicted molar refractivity (Wildman–Crippen MR) is 111 cm³/mol. The van der Waals surface area contributed by atoms with Gasteiger partial charge in [0, 0.05) is 11.4 Å². The van der Waals surface area contributed by atoms with Crippen LogP contribution in [0.1, 0.15) is 0 Å². The summed E-state index contributed by atoms with van der Waals surface area (Å²) < 4.78 is 74.6. The van der Waals surface area contributed by atoms with Crippen molar-refractivity contribution in [1.29, 1.82) is 0 Å². The number of carbonyl (C=O) groups is 5. The minimum absolute atomic E-state index is 0.0814. The number of anilines is 4. The van der Waals surface area contributed by atoms with Crippen molar-refractivity contribution in [2.24, 2.45) is 0 Å². The third-order valence-corrected chi connectivity index (χ3v) is 3.92. The Balaban J connectivity index is 1.94. The number of benzene rings is 2. The molecule has 0 aromatic heterocycles. The predicted octanol–water partition coefficient (Wildman–Crippen LogP) is 3.08. The number of carbonyl (C=O) groups excluding carboxylic acids is 5. The number of amides is 6. The van der Waals surface area contributed by atoms with E-state index in [4.69, 9.17) is 0 Å². The fourth-order valence-electron chi connectivity index (χ4n) is 2.35. The van der Waals surface area contributed by atoms with E-state index >= 15 is 0 Å². The molecule has 0 saturated heterocycles. The zero-order chi connectivity index (χ0) is 27.1. The first-order valence-corrected chi connectivity index (χ1v) is 9.27. The molecule has 0 spiro atoms. The lowest BCUT2D eigenvalue weighted by Crippen LogP contribution is -2.43. The molecule has 6 amide bonds. The maximum absolute atomic E-state index is 12.4. The molecule has 0 aliphatic carbocycles. The number of rotatable bonds is 8. The van der Waals surface area contributed by atoms with Gasteiger partial charge in [-0.1, -0.05) is 0 Å². The van der Waals surface area contributed by atoms with Gasteiger partial charge in [0.25, 0.3) is 0 Å². The van der Waals surface area contributed by atoms with Crippen LogP contribution in [0.4, 0.5) is 53.9 Å². The molecule has 0 radical (unpaired) electrons. The average Bonchev–Trinajstić information content (AvgIpc) is 2.81. The summed E-state index contributed by atoms with van der Waals surface area (Å²) in [5.41, 5.74) is 4.04. The molecule has 0 aliphatic heterocycles. The molecule has 0 bridgehead atoms. The van der Waals surface area contributed by atoms with Crippen LogP contribution in [0.3, 0.4) is 0 Å². The van der Waals surface area contributed by atoms with Crippen LogP contribution in [0.2, 0.25) is 0 Å². The van der Waals surface area contributed by atoms with E-state index in [2.05, 4.69) is 10.6 Å². The number of hydrogen-bond donors (Lipinski definition) is 4. The largest absolute Gasteiger partial charge is 0.473 e. The molecule has 192 valence electrons. The lowest BCUT2D eigenvalue weighted by Gasteiger charge is -2.19. The first-order valence-electron chi connectivity index (χ1n) is 9.27. The molecular weight excluding hydrogens is 506 g/mol. The minimum atomic E-state index is -5.28. The topological polar surface area (TPSA) is 140 Å². The van der Waals surface area contributed by atoms with Crippen LogP contribution in [0.15, 0.2) is 48.5 Å². The summed E-state index contributed by atoms with van der Waals surface area (Å²) in [6, 6.07) is 8.82. The van der Waals surface area contributed by atoms with Gasteiger partial charge in [0.15, 0.2) is 0 Å². The van der Waals surface area contributed by atoms with Gasteiger partial charge in [0.05, 0.1) is 11.4 Å². The van der Waals surface area contributed by atoms with Crippen molar-refractivity contribution in [2.75, 3.05) is 21.5 Å². The highest BCUT2D eigenvalue weighted by atomic mass is 19.4. The number of nitrogens with one attached hydrogen (secondary N) is 4. The fraction of sp³-hybridized carbons (Fsp3) is 0.105. The summed E-state index contributed by atoms with van der Waals surface area (Å²) in [7, 11) is 0. The maximum atomic E-state index is 12.4. The van der Waals surface area contributed by atoms with E-state index in [1.807, 2.05) is 10.9 Å². The Morgan fingerprint density at radius 1 is 0.583 bits per heavy atom. The number of halogens is 6. The summed E-state index contributed by atoms with van der Waals surface area (Å²) >= 11 is 0. The molecule has 36 heavy (non-hydrogen) atoms. The smallest absolute Gasteiger partial charge is 0.308 e. The van der Waals surface area contributed by atoms with Crippen LogP contribution >= 0.6 is 0 Å². The molecule has 0 aliphatic rings. The van der Waals surface area contributed by atoms with Crippen molar-refractivity contribution in [3.8, 4) is 0 Å². The van der Waals surface area contributed by atoms with E-state index in [9.17, 15) is 50.3 Å².